The number of nitrogens with one attached hydrogen (secondary N) is 1. The molecule has 3 unspecified atom stereocenters. The summed E-state index contributed by atoms with van der Waals surface area (Å²) in [6.07, 6.45) is -1.96. The zero-order chi connectivity index (χ0) is 12.6. The molecule has 17 heavy (non-hydrogen) atoms. The van der Waals surface area contributed by atoms with Crippen LogP contribution in [-0.4, -0.2) is 17.6 Å². The average molecular weight is 471 g/mol. The van der Waals surface area contributed by atoms with Crippen molar-refractivity contribution in [3.05, 3.63) is 19.6 Å². The standard InChI is InChI=1S/C9H11F3NO.C2H3.U/c1-5(14)13-8(9(10,11)12)4-6-2-3-7(6)8;1-2;/h2,6-7H,3-4H2,1H3,(H,13,14);1H,2H2;/q2*-1;+2. The first-order valence-corrected chi connectivity index (χ1v) is 4.96. The van der Waals surface area contributed by atoms with Crippen LogP contribution < -0.4 is 5.32 Å². The summed E-state index contributed by atoms with van der Waals surface area (Å²) in [7, 11) is 0. The summed E-state index contributed by atoms with van der Waals surface area (Å²) >= 11 is 0. The number of hydrogen-bond donors (Lipinski definition) is 1. The molecule has 0 aliphatic heterocycles. The smallest absolute Gasteiger partial charge is 0.521 e. The number of halogens is 3. The van der Waals surface area contributed by atoms with Crippen molar-refractivity contribution >= 4 is 5.91 Å². The summed E-state index contributed by atoms with van der Waals surface area (Å²) in [5.41, 5.74) is -1.93. The van der Waals surface area contributed by atoms with E-state index in [1.54, 1.807) is 0 Å². The van der Waals surface area contributed by atoms with E-state index in [0.717, 1.165) is 6.92 Å². The van der Waals surface area contributed by atoms with Gasteiger partial charge in [0.25, 0.3) is 0 Å². The molecule has 2 aliphatic carbocycles. The van der Waals surface area contributed by atoms with Gasteiger partial charge in [0.05, 0.1) is 0 Å². The predicted molar refractivity (Wildman–Crippen MR) is 53.0 cm³/mol. The molecule has 0 heterocycles. The summed E-state index contributed by atoms with van der Waals surface area (Å²) in [5.74, 6) is -0.970. The Morgan fingerprint density at radius 2 is 2.06 bits per heavy atom. The molecule has 0 aromatic rings. The van der Waals surface area contributed by atoms with Gasteiger partial charge in [0, 0.05) is 6.92 Å². The number of hydrogen-bond acceptors (Lipinski definition) is 1. The Labute approximate surface area is 123 Å². The summed E-state index contributed by atoms with van der Waals surface area (Å²) in [5, 5.41) is 2.08. The molecule has 94 valence electrons. The molecular formula is C11H14F3NOU. The van der Waals surface area contributed by atoms with Crippen LogP contribution in [0.2, 0.25) is 0 Å². The van der Waals surface area contributed by atoms with Gasteiger partial charge in [0.2, 0.25) is 5.91 Å². The Balaban J connectivity index is 0.000000811. The zero-order valence-corrected chi connectivity index (χ0v) is 13.6. The predicted octanol–water partition coefficient (Wildman–Crippen LogP) is 2.27. The van der Waals surface area contributed by atoms with Crippen LogP contribution in [0.3, 0.4) is 0 Å². The second-order valence-electron chi connectivity index (χ2n) is 4.10. The van der Waals surface area contributed by atoms with Gasteiger partial charge >= 0.3 is 37.3 Å². The minimum Gasteiger partial charge on any atom is -0.521 e. The fourth-order valence-corrected chi connectivity index (χ4v) is 2.47. The minimum absolute atomic E-state index is 0. The van der Waals surface area contributed by atoms with Gasteiger partial charge in [-0.15, -0.1) is 0 Å². The van der Waals surface area contributed by atoms with Crippen LogP contribution in [0.1, 0.15) is 19.8 Å². The molecule has 0 radical (unpaired) electrons. The summed E-state index contributed by atoms with van der Waals surface area (Å²) < 4.78 is 38.2. The van der Waals surface area contributed by atoms with Crippen LogP contribution in [0.4, 0.5) is 13.2 Å². The molecule has 1 N–H and O–H groups in total. The number of carbonyl (C=O) groups is 1. The molecule has 0 saturated heterocycles. The second kappa shape index (κ2) is 5.79. The van der Waals surface area contributed by atoms with Gasteiger partial charge in [-0.3, -0.25) is 11.4 Å². The van der Waals surface area contributed by atoms with E-state index in [1.807, 2.05) is 6.42 Å². The molecule has 2 saturated carbocycles. The average Bonchev–Trinajstić information content (AvgIpc) is 2.13. The number of rotatable bonds is 1. The fourth-order valence-electron chi connectivity index (χ4n) is 2.47. The molecule has 0 aromatic heterocycles. The zero-order valence-electron chi connectivity index (χ0n) is 9.47. The third-order valence-electron chi connectivity index (χ3n) is 3.31. The molecule has 0 bridgehead atoms. The van der Waals surface area contributed by atoms with Crippen molar-refractivity contribution in [1.29, 1.82) is 0 Å². The van der Waals surface area contributed by atoms with E-state index in [1.165, 1.54) is 0 Å². The van der Waals surface area contributed by atoms with E-state index < -0.39 is 23.5 Å². The van der Waals surface area contributed by atoms with Crippen molar-refractivity contribution in [2.75, 3.05) is 0 Å². The van der Waals surface area contributed by atoms with Crippen molar-refractivity contribution in [2.24, 2.45) is 11.8 Å². The minimum atomic E-state index is -4.33. The monoisotopic (exact) mass is 471 g/mol. The summed E-state index contributed by atoms with van der Waals surface area (Å²) in [6, 6.07) is 0. The van der Waals surface area contributed by atoms with Gasteiger partial charge < -0.3 is 18.3 Å². The van der Waals surface area contributed by atoms with E-state index in [9.17, 15) is 18.0 Å². The normalized spacial score (nSPS) is 33.6. The molecule has 2 rings (SSSR count). The third-order valence-corrected chi connectivity index (χ3v) is 3.31. The number of alkyl halides is 3. The molecule has 1 amide bonds. The molecule has 2 nitrogen and oxygen atoms in total. The van der Waals surface area contributed by atoms with Crippen LogP contribution in [-0.2, 0) is 4.79 Å². The van der Waals surface area contributed by atoms with E-state index >= 15 is 0 Å². The van der Waals surface area contributed by atoms with E-state index in [-0.39, 0.29) is 43.5 Å². The van der Waals surface area contributed by atoms with Crippen LogP contribution in [0, 0.1) is 55.9 Å². The van der Waals surface area contributed by atoms with Gasteiger partial charge in [0.15, 0.2) is 0 Å². The first kappa shape index (κ1) is 17.1. The first-order valence-electron chi connectivity index (χ1n) is 4.96. The van der Waals surface area contributed by atoms with Gasteiger partial charge in [0.1, 0.15) is 5.54 Å². The van der Waals surface area contributed by atoms with Crippen molar-refractivity contribution in [2.45, 2.75) is 31.5 Å². The Hall–Kier alpha value is 0.0519. The van der Waals surface area contributed by atoms with Crippen molar-refractivity contribution in [1.82, 2.24) is 5.32 Å². The molecule has 6 heteroatoms. The van der Waals surface area contributed by atoms with Gasteiger partial charge in [-0.05, 0) is 6.42 Å². The number of fused-ring (bicyclic) bond motifs is 1. The van der Waals surface area contributed by atoms with Crippen LogP contribution >= 0.6 is 0 Å². The molecule has 0 aromatic carbocycles. The molecular weight excluding hydrogens is 457 g/mol. The molecule has 2 aliphatic rings. The van der Waals surface area contributed by atoms with Crippen LogP contribution in [0.5, 0.6) is 0 Å². The van der Waals surface area contributed by atoms with E-state index in [2.05, 4.69) is 18.5 Å². The number of carbonyl (C=O) groups excluding carboxylic acids is 1. The van der Waals surface area contributed by atoms with E-state index in [4.69, 9.17) is 0 Å². The number of amides is 1. The van der Waals surface area contributed by atoms with Crippen molar-refractivity contribution in [3.8, 4) is 0 Å². The van der Waals surface area contributed by atoms with Gasteiger partial charge in [-0.1, -0.05) is 5.92 Å². The maximum Gasteiger partial charge on any atom is 2.00 e. The first-order chi connectivity index (χ1) is 7.37. The Morgan fingerprint density at radius 3 is 2.24 bits per heavy atom. The summed E-state index contributed by atoms with van der Waals surface area (Å²) in [4.78, 5) is 10.8. The third kappa shape index (κ3) is 2.73. The molecule has 3 atom stereocenters. The van der Waals surface area contributed by atoms with Crippen LogP contribution in [0.25, 0.3) is 0 Å². The Bertz CT molecular complexity index is 295. The van der Waals surface area contributed by atoms with Crippen molar-refractivity contribution < 1.29 is 49.1 Å². The molecule has 0 spiro atoms. The topological polar surface area (TPSA) is 29.1 Å². The van der Waals surface area contributed by atoms with Gasteiger partial charge in [-0.2, -0.15) is 25.5 Å². The van der Waals surface area contributed by atoms with Gasteiger partial charge in [-0.25, -0.2) is 0 Å². The summed E-state index contributed by atoms with van der Waals surface area (Å²) in [6.45, 7) is 8.13. The second-order valence-corrected chi connectivity index (χ2v) is 4.10. The van der Waals surface area contributed by atoms with Crippen molar-refractivity contribution in [3.63, 3.8) is 0 Å². The molecule has 2 fully saturated rings. The SMILES string of the molecule is CC(=O)NC1(C(F)(F)F)CC2[CH-]CC21.[CH-]=C.[U+2]. The van der Waals surface area contributed by atoms with Crippen LogP contribution in [0.15, 0.2) is 6.58 Å². The fraction of sp³-hybridized carbons (Fsp3) is 0.636. The Morgan fingerprint density at radius 1 is 1.53 bits per heavy atom. The largest absolute Gasteiger partial charge is 2.00 e. The maximum atomic E-state index is 12.7. The quantitative estimate of drug-likeness (QED) is 0.585. The Kier molecular flexibility index (Phi) is 5.81. The maximum absolute atomic E-state index is 12.7. The van der Waals surface area contributed by atoms with E-state index in [0.29, 0.717) is 6.42 Å².